The van der Waals surface area contributed by atoms with Gasteiger partial charge in [-0.1, -0.05) is 40.8 Å². The minimum Gasteiger partial charge on any atom is -0.347 e. The molecule has 2 aromatic heterocycles. The number of nitrogens with one attached hydrogen (secondary N) is 1. The van der Waals surface area contributed by atoms with E-state index >= 15 is 0 Å². The van der Waals surface area contributed by atoms with Gasteiger partial charge < -0.3 is 11.1 Å². The summed E-state index contributed by atoms with van der Waals surface area (Å²) in [6.45, 7) is 0.972. The van der Waals surface area contributed by atoms with Gasteiger partial charge in [0.05, 0.1) is 22.3 Å². The summed E-state index contributed by atoms with van der Waals surface area (Å²) in [5, 5.41) is 7.39. The van der Waals surface area contributed by atoms with Gasteiger partial charge >= 0.3 is 6.18 Å². The van der Waals surface area contributed by atoms with E-state index in [9.17, 15) is 18.0 Å². The highest BCUT2D eigenvalue weighted by Crippen LogP contribution is 2.37. The zero-order valence-electron chi connectivity index (χ0n) is 17.1. The van der Waals surface area contributed by atoms with Crippen LogP contribution in [0.2, 0.25) is 0 Å². The number of carbonyl (C=O) groups is 1. The summed E-state index contributed by atoms with van der Waals surface area (Å²) in [5.41, 5.74) is 8.86. The molecule has 170 valence electrons. The van der Waals surface area contributed by atoms with E-state index in [4.69, 9.17) is 5.73 Å². The first-order valence-electron chi connectivity index (χ1n) is 10.2. The summed E-state index contributed by atoms with van der Waals surface area (Å²) in [6, 6.07) is 6.56. The highest BCUT2D eigenvalue weighted by atomic mass is 127. The Morgan fingerprint density at radius 2 is 2.16 bits per heavy atom. The van der Waals surface area contributed by atoms with Crippen LogP contribution in [0.1, 0.15) is 37.7 Å². The molecule has 0 bridgehead atoms. The summed E-state index contributed by atoms with van der Waals surface area (Å²) in [6.07, 6.45) is -0.473. The molecule has 10 heteroatoms. The molecular weight excluding hydrogens is 552 g/mol. The monoisotopic (exact) mass is 574 g/mol. The lowest BCUT2D eigenvalue weighted by Crippen LogP contribution is -2.41. The zero-order chi connectivity index (χ0) is 22.9. The number of halogens is 4. The van der Waals surface area contributed by atoms with Crippen molar-refractivity contribution in [3.63, 3.8) is 0 Å². The molecule has 1 amide bonds. The van der Waals surface area contributed by atoms with E-state index in [1.54, 1.807) is 6.07 Å². The van der Waals surface area contributed by atoms with E-state index in [0.717, 1.165) is 57.6 Å². The van der Waals surface area contributed by atoms with Gasteiger partial charge in [0, 0.05) is 39.6 Å². The van der Waals surface area contributed by atoms with Crippen LogP contribution in [-0.2, 0) is 30.0 Å². The normalized spacial score (nSPS) is 14.4. The largest absolute Gasteiger partial charge is 0.416 e. The van der Waals surface area contributed by atoms with Crippen molar-refractivity contribution in [2.75, 3.05) is 6.54 Å². The lowest BCUT2D eigenvalue weighted by molar-refractivity contribution is -0.137. The number of hydrogen-bond acceptors (Lipinski definition) is 4. The Bertz CT molecular complexity index is 1120. The van der Waals surface area contributed by atoms with Crippen LogP contribution in [0.4, 0.5) is 13.2 Å². The molecule has 4 rings (SSSR count). The molecule has 1 unspecified atom stereocenters. The van der Waals surface area contributed by atoms with Gasteiger partial charge in [0.2, 0.25) is 0 Å². The van der Waals surface area contributed by atoms with Gasteiger partial charge in [-0.25, -0.2) is 0 Å². The number of alkyl halides is 4. The molecule has 5 nitrogen and oxygen atoms in total. The summed E-state index contributed by atoms with van der Waals surface area (Å²) < 4.78 is 41.8. The predicted octanol–water partition coefficient (Wildman–Crippen LogP) is 4.81. The van der Waals surface area contributed by atoms with Gasteiger partial charge in [-0.05, 0) is 37.0 Å². The Kier molecular flexibility index (Phi) is 6.91. The van der Waals surface area contributed by atoms with E-state index < -0.39 is 17.8 Å². The summed E-state index contributed by atoms with van der Waals surface area (Å²) >= 11 is 3.78. The van der Waals surface area contributed by atoms with Gasteiger partial charge in [0.15, 0.2) is 0 Å². The van der Waals surface area contributed by atoms with Gasteiger partial charge in [0.25, 0.3) is 5.91 Å². The van der Waals surface area contributed by atoms with E-state index in [1.807, 2.05) is 16.9 Å². The first kappa shape index (κ1) is 23.2. The second-order valence-electron chi connectivity index (χ2n) is 7.73. The number of rotatable bonds is 6. The van der Waals surface area contributed by atoms with Crippen molar-refractivity contribution >= 4 is 39.8 Å². The van der Waals surface area contributed by atoms with Gasteiger partial charge in [-0.3, -0.25) is 9.48 Å². The molecule has 0 aliphatic carbocycles. The number of benzene rings is 1. The fraction of sp³-hybridized carbons (Fsp3) is 0.364. The van der Waals surface area contributed by atoms with Gasteiger partial charge in [-0.15, -0.1) is 11.3 Å². The van der Waals surface area contributed by atoms with E-state index in [-0.39, 0.29) is 18.9 Å². The van der Waals surface area contributed by atoms with Crippen LogP contribution in [0, 0.1) is 0 Å². The molecule has 1 atom stereocenters. The van der Waals surface area contributed by atoms with Crippen molar-refractivity contribution < 1.29 is 18.0 Å². The Morgan fingerprint density at radius 1 is 1.34 bits per heavy atom. The Balaban J connectivity index is 1.53. The van der Waals surface area contributed by atoms with E-state index in [1.165, 1.54) is 17.4 Å². The first-order valence-corrected chi connectivity index (χ1v) is 12.5. The average molecular weight is 574 g/mol. The molecule has 3 heterocycles. The number of aromatic nitrogens is 2. The second-order valence-corrected chi connectivity index (χ2v) is 9.63. The van der Waals surface area contributed by atoms with Gasteiger partial charge in [-0.2, -0.15) is 18.3 Å². The zero-order valence-corrected chi connectivity index (χ0v) is 20.1. The van der Waals surface area contributed by atoms with E-state index in [0.29, 0.717) is 10.4 Å². The number of hydrogen-bond donors (Lipinski definition) is 2. The number of amides is 1. The molecule has 3 aromatic rings. The minimum atomic E-state index is -4.41. The molecule has 1 aliphatic heterocycles. The third-order valence-electron chi connectivity index (χ3n) is 5.48. The Labute approximate surface area is 201 Å². The smallest absolute Gasteiger partial charge is 0.347 e. The molecule has 1 aromatic carbocycles. The first-order chi connectivity index (χ1) is 15.3. The fourth-order valence-electron chi connectivity index (χ4n) is 3.93. The van der Waals surface area contributed by atoms with Crippen molar-refractivity contribution in [3.05, 3.63) is 63.0 Å². The summed E-state index contributed by atoms with van der Waals surface area (Å²) in [5.74, 6) is -0.257. The van der Waals surface area contributed by atoms with Crippen LogP contribution >= 0.6 is 33.9 Å². The minimum absolute atomic E-state index is 0.124. The quantitative estimate of drug-likeness (QED) is 0.328. The van der Waals surface area contributed by atoms with Crippen molar-refractivity contribution in [1.29, 1.82) is 0 Å². The third kappa shape index (κ3) is 4.86. The number of thiophene rings is 1. The molecule has 3 N–H and O–H groups in total. The van der Waals surface area contributed by atoms with Crippen molar-refractivity contribution in [1.82, 2.24) is 15.1 Å². The van der Waals surface area contributed by atoms with Crippen molar-refractivity contribution in [2.45, 2.75) is 42.5 Å². The molecule has 32 heavy (non-hydrogen) atoms. The molecule has 0 saturated carbocycles. The maximum atomic E-state index is 13.0. The number of nitrogens with two attached hydrogens (primary N) is 1. The molecule has 0 spiro atoms. The number of aryl methyl sites for hydroxylation is 2. The number of nitrogens with zero attached hydrogens (tertiary/aromatic N) is 2. The SMILES string of the molecule is NCC(Cc1cccc(C(F)(F)F)c1)NC(=O)c1cc2c(s1)CCCn1ncc(CI)c1-2. The van der Waals surface area contributed by atoms with Crippen LogP contribution < -0.4 is 11.1 Å². The molecule has 0 radical (unpaired) electrons. The van der Waals surface area contributed by atoms with Crippen LogP contribution in [0.15, 0.2) is 36.5 Å². The topological polar surface area (TPSA) is 72.9 Å². The van der Waals surface area contributed by atoms with Crippen LogP contribution in [0.3, 0.4) is 0 Å². The van der Waals surface area contributed by atoms with Crippen LogP contribution in [0.5, 0.6) is 0 Å². The van der Waals surface area contributed by atoms with Crippen molar-refractivity contribution in [3.8, 4) is 11.3 Å². The standard InChI is InChI=1S/C22H22F3IN4OS/c23-22(24,25)15-4-1-3-13(7-15)8-16(11-27)29-21(31)19-9-17-18(32-19)5-2-6-30-20(17)14(10-26)12-28-30/h1,3-4,7,9,12,16H,2,5-6,8,10-11,27H2,(H,29,31). The molecule has 1 aliphatic rings. The third-order valence-corrected chi connectivity index (χ3v) is 7.49. The predicted molar refractivity (Wildman–Crippen MR) is 127 cm³/mol. The maximum Gasteiger partial charge on any atom is 0.416 e. The van der Waals surface area contributed by atoms with Crippen LogP contribution in [0.25, 0.3) is 11.3 Å². The summed E-state index contributed by atoms with van der Waals surface area (Å²) in [4.78, 5) is 14.7. The highest BCUT2D eigenvalue weighted by Gasteiger charge is 2.30. The maximum absolute atomic E-state index is 13.0. The second kappa shape index (κ2) is 9.52. The fourth-order valence-corrected chi connectivity index (χ4v) is 5.59. The summed E-state index contributed by atoms with van der Waals surface area (Å²) in [7, 11) is 0. The Morgan fingerprint density at radius 3 is 2.88 bits per heavy atom. The van der Waals surface area contributed by atoms with Gasteiger partial charge in [0.1, 0.15) is 0 Å². The molecular formula is C22H22F3IN4OS. The highest BCUT2D eigenvalue weighted by molar-refractivity contribution is 14.1. The van der Waals surface area contributed by atoms with Crippen LogP contribution in [-0.4, -0.2) is 28.3 Å². The lowest BCUT2D eigenvalue weighted by atomic mass is 10.0. The number of carbonyl (C=O) groups excluding carboxylic acids is 1. The Hall–Kier alpha value is -1.92. The molecule has 0 fully saturated rings. The van der Waals surface area contributed by atoms with Crippen molar-refractivity contribution in [2.24, 2.45) is 5.73 Å². The molecule has 0 saturated heterocycles. The lowest BCUT2D eigenvalue weighted by Gasteiger charge is -2.17. The number of fused-ring (bicyclic) bond motifs is 3. The van der Waals surface area contributed by atoms with E-state index in [2.05, 4.69) is 33.0 Å². The average Bonchev–Trinajstić information content (AvgIpc) is 3.33.